The third kappa shape index (κ3) is 5.86. The van der Waals surface area contributed by atoms with Crippen molar-refractivity contribution in [1.82, 2.24) is 25.4 Å². The van der Waals surface area contributed by atoms with Gasteiger partial charge in [0.25, 0.3) is 0 Å². The van der Waals surface area contributed by atoms with Gasteiger partial charge in [0.2, 0.25) is 0 Å². The zero-order valence-corrected chi connectivity index (χ0v) is 16.7. The van der Waals surface area contributed by atoms with Crippen LogP contribution in [0.2, 0.25) is 0 Å². The summed E-state index contributed by atoms with van der Waals surface area (Å²) in [7, 11) is 1.97. The molecule has 0 aliphatic carbocycles. The van der Waals surface area contributed by atoms with Gasteiger partial charge in [0.1, 0.15) is 12.4 Å². The first-order chi connectivity index (χ1) is 12.5. The first-order valence-electron chi connectivity index (χ1n) is 9.44. The quantitative estimate of drug-likeness (QED) is 0.433. The number of benzene rings is 1. The van der Waals surface area contributed by atoms with Crippen LogP contribution in [0.4, 0.5) is 0 Å². The maximum absolute atomic E-state index is 4.69. The Kier molecular flexibility index (Phi) is 7.63. The lowest BCUT2D eigenvalue weighted by Crippen LogP contribution is -2.39. The minimum atomic E-state index is 0.408. The summed E-state index contributed by atoms with van der Waals surface area (Å²) >= 11 is 0. The highest BCUT2D eigenvalue weighted by Crippen LogP contribution is 2.14. The highest BCUT2D eigenvalue weighted by atomic mass is 15.3. The number of unbranched alkanes of at least 4 members (excludes halogenated alkanes) is 1. The molecule has 0 aliphatic heterocycles. The first kappa shape index (κ1) is 19.9. The number of aromatic nitrogens is 3. The van der Waals surface area contributed by atoms with Crippen LogP contribution < -0.4 is 10.6 Å². The maximum atomic E-state index is 4.69. The molecule has 0 saturated carbocycles. The van der Waals surface area contributed by atoms with Crippen molar-refractivity contribution in [1.29, 1.82) is 0 Å². The van der Waals surface area contributed by atoms with Gasteiger partial charge >= 0.3 is 0 Å². The molecule has 0 spiro atoms. The van der Waals surface area contributed by atoms with Gasteiger partial charge in [-0.1, -0.05) is 50.1 Å². The molecule has 1 atom stereocenters. The Morgan fingerprint density at radius 3 is 2.50 bits per heavy atom. The average Bonchev–Trinajstić information content (AvgIpc) is 2.96. The molecule has 142 valence electrons. The molecule has 1 unspecified atom stereocenters. The number of nitrogens with zero attached hydrogens (tertiary/aromatic N) is 4. The van der Waals surface area contributed by atoms with Gasteiger partial charge in [-0.25, -0.2) is 4.99 Å². The van der Waals surface area contributed by atoms with Crippen molar-refractivity contribution >= 4 is 5.96 Å². The molecule has 2 aromatic rings. The molecule has 1 aromatic heterocycles. The first-order valence-corrected chi connectivity index (χ1v) is 9.44. The van der Waals surface area contributed by atoms with Gasteiger partial charge in [-0.2, -0.15) is 0 Å². The van der Waals surface area contributed by atoms with E-state index < -0.39 is 0 Å². The Balaban J connectivity index is 1.97. The fraction of sp³-hybridized carbons (Fsp3) is 0.550. The van der Waals surface area contributed by atoms with E-state index in [1.807, 2.05) is 18.5 Å². The summed E-state index contributed by atoms with van der Waals surface area (Å²) in [6.45, 7) is 10.7. The lowest BCUT2D eigenvalue weighted by molar-refractivity contribution is 0.677. The maximum Gasteiger partial charge on any atom is 0.191 e. The number of aryl methyl sites for hydroxylation is 2. The molecule has 0 fully saturated rings. The van der Waals surface area contributed by atoms with Crippen LogP contribution in [0.3, 0.4) is 0 Å². The lowest BCUT2D eigenvalue weighted by atomic mass is 10.0. The van der Waals surface area contributed by atoms with E-state index in [4.69, 9.17) is 4.99 Å². The minimum absolute atomic E-state index is 0.408. The smallest absolute Gasteiger partial charge is 0.191 e. The van der Waals surface area contributed by atoms with E-state index in [1.54, 1.807) is 0 Å². The van der Waals surface area contributed by atoms with Crippen molar-refractivity contribution in [2.24, 2.45) is 12.0 Å². The second kappa shape index (κ2) is 9.94. The summed E-state index contributed by atoms with van der Waals surface area (Å²) < 4.78 is 1.97. The largest absolute Gasteiger partial charge is 0.356 e. The summed E-state index contributed by atoms with van der Waals surface area (Å²) in [6, 6.07) is 8.73. The summed E-state index contributed by atoms with van der Waals surface area (Å²) in [4.78, 5) is 4.69. The van der Waals surface area contributed by atoms with Gasteiger partial charge in [0.05, 0.1) is 0 Å². The van der Waals surface area contributed by atoms with Crippen molar-refractivity contribution in [3.05, 3.63) is 47.0 Å². The van der Waals surface area contributed by atoms with E-state index in [0.717, 1.165) is 43.5 Å². The molecule has 6 nitrogen and oxygen atoms in total. The fourth-order valence-corrected chi connectivity index (χ4v) is 2.56. The van der Waals surface area contributed by atoms with Crippen LogP contribution in [0, 0.1) is 13.8 Å². The van der Waals surface area contributed by atoms with Crippen LogP contribution in [-0.2, 0) is 13.6 Å². The molecule has 26 heavy (non-hydrogen) atoms. The number of nitrogens with one attached hydrogen (secondary N) is 2. The monoisotopic (exact) mass is 356 g/mol. The van der Waals surface area contributed by atoms with E-state index >= 15 is 0 Å². The van der Waals surface area contributed by atoms with E-state index in [2.05, 4.69) is 65.9 Å². The van der Waals surface area contributed by atoms with Crippen LogP contribution in [0.25, 0.3) is 0 Å². The van der Waals surface area contributed by atoms with Crippen molar-refractivity contribution in [2.45, 2.75) is 53.0 Å². The lowest BCUT2D eigenvalue weighted by Gasteiger charge is -2.17. The molecule has 2 N–H and O–H groups in total. The van der Waals surface area contributed by atoms with Crippen LogP contribution in [0.15, 0.2) is 29.3 Å². The standard InChI is InChI=1S/C20H32N6/c1-6-7-12-21-20(23-14-19-25-24-17(4)26(19)5)22-13-16(3)18-10-8-15(2)9-11-18/h8-11,16H,6-7,12-14H2,1-5H3,(H2,21,22,23). The van der Waals surface area contributed by atoms with Crippen LogP contribution in [0.1, 0.15) is 55.4 Å². The number of hydrogen-bond donors (Lipinski definition) is 2. The van der Waals surface area contributed by atoms with Gasteiger partial charge in [-0.3, -0.25) is 0 Å². The molecule has 0 saturated heterocycles. The number of rotatable bonds is 8. The third-order valence-electron chi connectivity index (χ3n) is 4.61. The summed E-state index contributed by atoms with van der Waals surface area (Å²) in [5, 5.41) is 15.2. The minimum Gasteiger partial charge on any atom is -0.356 e. The SMILES string of the molecule is CCCCNC(=NCc1nnc(C)n1C)NCC(C)c1ccc(C)cc1. The van der Waals surface area contributed by atoms with Crippen LogP contribution in [-0.4, -0.2) is 33.8 Å². The predicted octanol–water partition coefficient (Wildman–Crippen LogP) is 3.07. The normalized spacial score (nSPS) is 12.9. The van der Waals surface area contributed by atoms with Gasteiger partial charge in [0, 0.05) is 20.1 Å². The summed E-state index contributed by atoms with van der Waals surface area (Å²) in [6.07, 6.45) is 2.28. The van der Waals surface area contributed by atoms with E-state index in [0.29, 0.717) is 12.5 Å². The topological polar surface area (TPSA) is 67.1 Å². The van der Waals surface area contributed by atoms with Gasteiger partial charge in [-0.15, -0.1) is 10.2 Å². The Labute approximate surface area is 157 Å². The van der Waals surface area contributed by atoms with Gasteiger partial charge in [-0.05, 0) is 31.7 Å². The molecule has 0 amide bonds. The van der Waals surface area contributed by atoms with E-state index in [1.165, 1.54) is 11.1 Å². The number of hydrogen-bond acceptors (Lipinski definition) is 3. The number of aliphatic imine (C=N–C) groups is 1. The van der Waals surface area contributed by atoms with Crippen LogP contribution >= 0.6 is 0 Å². The van der Waals surface area contributed by atoms with Crippen molar-refractivity contribution in [2.75, 3.05) is 13.1 Å². The van der Waals surface area contributed by atoms with E-state index in [-0.39, 0.29) is 0 Å². The average molecular weight is 357 g/mol. The second-order valence-corrected chi connectivity index (χ2v) is 6.86. The molecule has 0 bridgehead atoms. The highest BCUT2D eigenvalue weighted by Gasteiger charge is 2.08. The molecule has 0 aliphatic rings. The number of guanidine groups is 1. The van der Waals surface area contributed by atoms with Gasteiger partial charge in [0.15, 0.2) is 11.8 Å². The van der Waals surface area contributed by atoms with Crippen molar-refractivity contribution < 1.29 is 0 Å². The van der Waals surface area contributed by atoms with Gasteiger partial charge < -0.3 is 15.2 Å². The third-order valence-corrected chi connectivity index (χ3v) is 4.61. The Hall–Kier alpha value is -2.37. The Bertz CT molecular complexity index is 702. The molecular formula is C20H32N6. The van der Waals surface area contributed by atoms with Crippen molar-refractivity contribution in [3.8, 4) is 0 Å². The zero-order valence-electron chi connectivity index (χ0n) is 16.7. The molecule has 1 aromatic carbocycles. The van der Waals surface area contributed by atoms with Crippen LogP contribution in [0.5, 0.6) is 0 Å². The fourth-order valence-electron chi connectivity index (χ4n) is 2.56. The summed E-state index contributed by atoms with van der Waals surface area (Å²) in [5.41, 5.74) is 2.62. The second-order valence-electron chi connectivity index (χ2n) is 6.86. The Morgan fingerprint density at radius 1 is 1.15 bits per heavy atom. The zero-order chi connectivity index (χ0) is 18.9. The van der Waals surface area contributed by atoms with Crippen molar-refractivity contribution in [3.63, 3.8) is 0 Å². The molecule has 2 rings (SSSR count). The highest BCUT2D eigenvalue weighted by molar-refractivity contribution is 5.79. The Morgan fingerprint density at radius 2 is 1.88 bits per heavy atom. The summed E-state index contributed by atoms with van der Waals surface area (Å²) in [5.74, 6) is 3.01. The molecule has 6 heteroatoms. The molecule has 0 radical (unpaired) electrons. The predicted molar refractivity (Wildman–Crippen MR) is 107 cm³/mol. The molecule has 1 heterocycles. The molecular weight excluding hydrogens is 324 g/mol. The van der Waals surface area contributed by atoms with E-state index in [9.17, 15) is 0 Å².